The Bertz CT molecular complexity index is 463. The van der Waals surface area contributed by atoms with Crippen LogP contribution in [-0.4, -0.2) is 43.8 Å². The van der Waals surface area contributed by atoms with E-state index in [-0.39, 0.29) is 24.6 Å². The van der Waals surface area contributed by atoms with Crippen molar-refractivity contribution in [2.24, 2.45) is 0 Å². The van der Waals surface area contributed by atoms with E-state index in [2.05, 4.69) is 5.32 Å². The minimum atomic E-state index is -0.769. The molecule has 0 aliphatic heterocycles. The lowest BCUT2D eigenvalue weighted by molar-refractivity contribution is -0.121. The van der Waals surface area contributed by atoms with Gasteiger partial charge in [-0.3, -0.25) is 14.5 Å². The monoisotopic (exact) mass is 256 g/mol. The number of likely N-dealkylation sites (N-methyl/N-ethyl adjacent to an activating group) is 2. The Labute approximate surface area is 104 Å². The number of halogens is 2. The number of carbonyl (C=O) groups excluding carboxylic acids is 2. The van der Waals surface area contributed by atoms with Gasteiger partial charge < -0.3 is 5.32 Å². The average Bonchev–Trinajstić information content (AvgIpc) is 2.31. The van der Waals surface area contributed by atoms with E-state index in [1.165, 1.54) is 11.9 Å². The molecule has 1 N–H and O–H groups in total. The number of nitrogens with zero attached hydrogens (tertiary/aromatic N) is 1. The van der Waals surface area contributed by atoms with E-state index in [0.717, 1.165) is 18.2 Å². The number of Topliss-reactive ketones (excluding diaryl/α,β-unsaturated/α-hetero) is 1. The predicted molar refractivity (Wildman–Crippen MR) is 62.3 cm³/mol. The van der Waals surface area contributed by atoms with Crippen molar-refractivity contribution in [3.05, 3.63) is 35.4 Å². The number of benzene rings is 1. The van der Waals surface area contributed by atoms with Crippen LogP contribution >= 0.6 is 0 Å². The van der Waals surface area contributed by atoms with Crippen LogP contribution in [0, 0.1) is 11.6 Å². The summed E-state index contributed by atoms with van der Waals surface area (Å²) in [6, 6.07) is 2.70. The normalized spacial score (nSPS) is 10.5. The Morgan fingerprint density at radius 3 is 2.56 bits per heavy atom. The molecule has 1 aromatic rings. The largest absolute Gasteiger partial charge is 0.358 e. The second-order valence-electron chi connectivity index (χ2n) is 3.89. The van der Waals surface area contributed by atoms with Gasteiger partial charge in [0.25, 0.3) is 0 Å². The van der Waals surface area contributed by atoms with Crippen molar-refractivity contribution in [1.29, 1.82) is 0 Å². The van der Waals surface area contributed by atoms with Crippen molar-refractivity contribution < 1.29 is 18.4 Å². The van der Waals surface area contributed by atoms with Crippen molar-refractivity contribution >= 4 is 11.7 Å². The van der Waals surface area contributed by atoms with E-state index in [1.807, 2.05) is 0 Å². The van der Waals surface area contributed by atoms with Gasteiger partial charge >= 0.3 is 0 Å². The zero-order chi connectivity index (χ0) is 13.7. The highest BCUT2D eigenvalue weighted by atomic mass is 19.1. The quantitative estimate of drug-likeness (QED) is 0.794. The summed E-state index contributed by atoms with van der Waals surface area (Å²) < 4.78 is 26.2. The van der Waals surface area contributed by atoms with Gasteiger partial charge in [-0.25, -0.2) is 8.78 Å². The maximum atomic E-state index is 13.3. The first-order chi connectivity index (χ1) is 8.43. The van der Waals surface area contributed by atoms with E-state index >= 15 is 0 Å². The third-order valence-corrected chi connectivity index (χ3v) is 2.33. The topological polar surface area (TPSA) is 49.4 Å². The molecule has 0 heterocycles. The summed E-state index contributed by atoms with van der Waals surface area (Å²) >= 11 is 0. The summed E-state index contributed by atoms with van der Waals surface area (Å²) in [6.45, 7) is -0.146. The second-order valence-corrected chi connectivity index (χ2v) is 3.89. The summed E-state index contributed by atoms with van der Waals surface area (Å²) in [4.78, 5) is 24.2. The standard InChI is InChI=1S/C12H14F2N2O2/c1-15-12(18)7-16(2)6-11(17)9-5-8(13)3-4-10(9)14/h3-5H,6-7H2,1-2H3,(H,15,18). The molecule has 4 nitrogen and oxygen atoms in total. The van der Waals surface area contributed by atoms with Gasteiger partial charge in [-0.05, 0) is 25.2 Å². The molecule has 0 atom stereocenters. The fourth-order valence-electron chi connectivity index (χ4n) is 1.42. The molecule has 18 heavy (non-hydrogen) atoms. The number of nitrogens with one attached hydrogen (secondary N) is 1. The highest BCUT2D eigenvalue weighted by Gasteiger charge is 2.15. The van der Waals surface area contributed by atoms with Gasteiger partial charge in [0.05, 0.1) is 18.7 Å². The molecule has 0 fully saturated rings. The molecule has 0 saturated carbocycles. The minimum absolute atomic E-state index is 0.0131. The maximum Gasteiger partial charge on any atom is 0.233 e. The van der Waals surface area contributed by atoms with Crippen LogP contribution < -0.4 is 5.32 Å². The number of hydrogen-bond acceptors (Lipinski definition) is 3. The number of ketones is 1. The molecule has 0 radical (unpaired) electrons. The first-order valence-corrected chi connectivity index (χ1v) is 5.31. The predicted octanol–water partition coefficient (Wildman–Crippen LogP) is 0.825. The van der Waals surface area contributed by atoms with Crippen LogP contribution in [0.25, 0.3) is 0 Å². The van der Waals surface area contributed by atoms with Crippen LogP contribution in [0.1, 0.15) is 10.4 Å². The minimum Gasteiger partial charge on any atom is -0.358 e. The van der Waals surface area contributed by atoms with E-state index in [9.17, 15) is 18.4 Å². The zero-order valence-corrected chi connectivity index (χ0v) is 10.2. The SMILES string of the molecule is CNC(=O)CN(C)CC(=O)c1cc(F)ccc1F. The first kappa shape index (κ1) is 14.2. The molecule has 0 aliphatic rings. The molecule has 6 heteroatoms. The molecule has 0 aliphatic carbocycles. The lowest BCUT2D eigenvalue weighted by Gasteiger charge is -2.14. The molecule has 1 rings (SSSR count). The van der Waals surface area contributed by atoms with Crippen LogP contribution in [-0.2, 0) is 4.79 Å². The van der Waals surface area contributed by atoms with Crippen LogP contribution in [0.3, 0.4) is 0 Å². The van der Waals surface area contributed by atoms with Crippen molar-refractivity contribution in [3.8, 4) is 0 Å². The van der Waals surface area contributed by atoms with Gasteiger partial charge in [0.15, 0.2) is 5.78 Å². The Morgan fingerprint density at radius 1 is 1.28 bits per heavy atom. The van der Waals surface area contributed by atoms with Crippen LogP contribution in [0.15, 0.2) is 18.2 Å². The number of amides is 1. The van der Waals surface area contributed by atoms with E-state index < -0.39 is 17.4 Å². The number of rotatable bonds is 5. The van der Waals surface area contributed by atoms with Gasteiger partial charge in [-0.1, -0.05) is 0 Å². The van der Waals surface area contributed by atoms with Gasteiger partial charge in [0.1, 0.15) is 11.6 Å². The van der Waals surface area contributed by atoms with E-state index in [1.54, 1.807) is 7.05 Å². The molecule has 0 unspecified atom stereocenters. The number of hydrogen-bond donors (Lipinski definition) is 1. The summed E-state index contributed by atoms with van der Waals surface area (Å²) in [5.74, 6) is -2.27. The maximum absolute atomic E-state index is 13.3. The molecule has 1 aromatic carbocycles. The van der Waals surface area contributed by atoms with E-state index in [0.29, 0.717) is 0 Å². The molecule has 1 amide bonds. The summed E-state index contributed by atoms with van der Waals surface area (Å²) in [5.41, 5.74) is -0.307. The fourth-order valence-corrected chi connectivity index (χ4v) is 1.42. The van der Waals surface area contributed by atoms with Crippen molar-refractivity contribution in [3.63, 3.8) is 0 Å². The van der Waals surface area contributed by atoms with Gasteiger partial charge in [-0.15, -0.1) is 0 Å². The van der Waals surface area contributed by atoms with Gasteiger partial charge in [0.2, 0.25) is 5.91 Å². The number of carbonyl (C=O) groups is 2. The van der Waals surface area contributed by atoms with Gasteiger partial charge in [-0.2, -0.15) is 0 Å². The lowest BCUT2D eigenvalue weighted by Crippen LogP contribution is -2.36. The van der Waals surface area contributed by atoms with Gasteiger partial charge in [0, 0.05) is 7.05 Å². The van der Waals surface area contributed by atoms with Crippen LogP contribution in [0.5, 0.6) is 0 Å². The molecule has 0 saturated heterocycles. The molecule has 98 valence electrons. The van der Waals surface area contributed by atoms with Crippen LogP contribution in [0.4, 0.5) is 8.78 Å². The zero-order valence-electron chi connectivity index (χ0n) is 10.2. The highest BCUT2D eigenvalue weighted by Crippen LogP contribution is 2.10. The average molecular weight is 256 g/mol. The molecule has 0 aromatic heterocycles. The lowest BCUT2D eigenvalue weighted by atomic mass is 10.1. The first-order valence-electron chi connectivity index (χ1n) is 5.31. The summed E-state index contributed by atoms with van der Waals surface area (Å²) in [7, 11) is 3.02. The fraction of sp³-hybridized carbons (Fsp3) is 0.333. The van der Waals surface area contributed by atoms with Crippen molar-refractivity contribution in [2.45, 2.75) is 0 Å². The Morgan fingerprint density at radius 2 is 1.94 bits per heavy atom. The summed E-state index contributed by atoms with van der Waals surface area (Å²) in [6.07, 6.45) is 0. The molecular weight excluding hydrogens is 242 g/mol. The Balaban J connectivity index is 2.70. The molecule has 0 bridgehead atoms. The van der Waals surface area contributed by atoms with Crippen molar-refractivity contribution in [2.75, 3.05) is 27.2 Å². The third-order valence-electron chi connectivity index (χ3n) is 2.33. The second kappa shape index (κ2) is 6.20. The highest BCUT2D eigenvalue weighted by molar-refractivity contribution is 5.98. The third kappa shape index (κ3) is 3.89. The smallest absolute Gasteiger partial charge is 0.233 e. The van der Waals surface area contributed by atoms with Crippen LogP contribution in [0.2, 0.25) is 0 Å². The molecular formula is C12H14F2N2O2. The molecule has 0 spiro atoms. The summed E-state index contributed by atoms with van der Waals surface area (Å²) in [5, 5.41) is 2.40. The van der Waals surface area contributed by atoms with E-state index in [4.69, 9.17) is 0 Å². The van der Waals surface area contributed by atoms with Crippen molar-refractivity contribution in [1.82, 2.24) is 10.2 Å². The Hall–Kier alpha value is -1.82. The Kier molecular flexibility index (Phi) is 4.91.